The number of amides is 1. The van der Waals surface area contributed by atoms with Crippen LogP contribution in [0.4, 0.5) is 0 Å². The van der Waals surface area contributed by atoms with E-state index in [1.165, 1.54) is 0 Å². The summed E-state index contributed by atoms with van der Waals surface area (Å²) in [6, 6.07) is 9.33. The van der Waals surface area contributed by atoms with Gasteiger partial charge < -0.3 is 4.74 Å². The van der Waals surface area contributed by atoms with Crippen LogP contribution in [0.5, 0.6) is 0 Å². The quantitative estimate of drug-likeness (QED) is 0.295. The predicted molar refractivity (Wildman–Crippen MR) is 107 cm³/mol. The molecule has 1 aromatic heterocycles. The van der Waals surface area contributed by atoms with Gasteiger partial charge in [-0.15, -0.1) is 0 Å². The molecule has 2 aromatic rings. The average Bonchev–Trinajstić information content (AvgIpc) is 2.52. The smallest absolute Gasteiger partial charge is 0.298 e. The maximum Gasteiger partial charge on any atom is 0.298 e. The second-order valence-corrected chi connectivity index (χ2v) is 8.49. The van der Waals surface area contributed by atoms with Crippen molar-refractivity contribution in [3.63, 3.8) is 0 Å². The number of aromatic nitrogens is 1. The summed E-state index contributed by atoms with van der Waals surface area (Å²) >= 11 is 2.06. The van der Waals surface area contributed by atoms with Gasteiger partial charge in [0.15, 0.2) is 5.90 Å². The number of fused-ring (bicyclic) bond motifs is 1. The minimum absolute atomic E-state index is 0.0177. The Morgan fingerprint density at radius 1 is 1.24 bits per heavy atom. The van der Waals surface area contributed by atoms with Crippen molar-refractivity contribution in [3.8, 4) is 0 Å². The third kappa shape index (κ3) is 5.59. The van der Waals surface area contributed by atoms with Crippen LogP contribution in [-0.2, 0) is 9.53 Å². The standard InChI is InChI=1S/C19H21IN2O3/c1-12(20)25-17(10-16(23)19(2,3)4)22-18(24)15-9-13-7-5-6-8-14(13)11-21-15/h5-9,11-12H,10H2,1-4H3. The van der Waals surface area contributed by atoms with Crippen LogP contribution in [0.15, 0.2) is 41.5 Å². The molecule has 25 heavy (non-hydrogen) atoms. The van der Waals surface area contributed by atoms with Crippen molar-refractivity contribution in [2.24, 2.45) is 10.4 Å². The van der Waals surface area contributed by atoms with E-state index in [0.29, 0.717) is 0 Å². The van der Waals surface area contributed by atoms with Crippen molar-refractivity contribution < 1.29 is 14.3 Å². The Morgan fingerprint density at radius 3 is 2.48 bits per heavy atom. The van der Waals surface area contributed by atoms with E-state index in [1.807, 2.05) is 52.0 Å². The zero-order valence-electron chi connectivity index (χ0n) is 14.7. The number of hydrogen-bond donors (Lipinski definition) is 0. The molecule has 1 aromatic carbocycles. The van der Waals surface area contributed by atoms with Crippen LogP contribution in [0.25, 0.3) is 10.8 Å². The molecule has 1 atom stereocenters. The van der Waals surface area contributed by atoms with Crippen LogP contribution in [0.1, 0.15) is 44.6 Å². The highest BCUT2D eigenvalue weighted by atomic mass is 127. The van der Waals surface area contributed by atoms with Gasteiger partial charge in [0.2, 0.25) is 0 Å². The van der Waals surface area contributed by atoms with E-state index in [-0.39, 0.29) is 27.9 Å². The van der Waals surface area contributed by atoms with Crippen molar-refractivity contribution in [3.05, 3.63) is 42.2 Å². The first-order chi connectivity index (χ1) is 11.7. The maximum atomic E-state index is 12.5. The van der Waals surface area contributed by atoms with Gasteiger partial charge in [-0.05, 0) is 41.0 Å². The van der Waals surface area contributed by atoms with Gasteiger partial charge in [0.1, 0.15) is 15.6 Å². The summed E-state index contributed by atoms with van der Waals surface area (Å²) in [4.78, 5) is 32.9. The summed E-state index contributed by atoms with van der Waals surface area (Å²) in [5.74, 6) is -0.427. The Bertz CT molecular complexity index is 823. The van der Waals surface area contributed by atoms with Gasteiger partial charge in [-0.3, -0.25) is 14.6 Å². The Morgan fingerprint density at radius 2 is 1.88 bits per heavy atom. The number of hydrogen-bond acceptors (Lipinski definition) is 4. The molecule has 0 aliphatic rings. The summed E-state index contributed by atoms with van der Waals surface area (Å²) in [6.45, 7) is 7.30. The third-order valence-corrected chi connectivity index (χ3v) is 3.78. The lowest BCUT2D eigenvalue weighted by atomic mass is 9.89. The second-order valence-electron chi connectivity index (χ2n) is 6.74. The van der Waals surface area contributed by atoms with E-state index >= 15 is 0 Å². The van der Waals surface area contributed by atoms with Crippen LogP contribution in [0.2, 0.25) is 0 Å². The van der Waals surface area contributed by atoms with E-state index in [0.717, 1.165) is 10.8 Å². The topological polar surface area (TPSA) is 68.6 Å². The number of benzene rings is 1. The number of carbonyl (C=O) groups excluding carboxylic acids is 2. The fraction of sp³-hybridized carbons (Fsp3) is 0.368. The summed E-state index contributed by atoms with van der Waals surface area (Å²) in [7, 11) is 0. The number of halogens is 1. The molecule has 0 spiro atoms. The van der Waals surface area contributed by atoms with E-state index in [2.05, 4.69) is 32.6 Å². The molecule has 0 saturated heterocycles. The van der Waals surface area contributed by atoms with Gasteiger partial charge >= 0.3 is 0 Å². The molecule has 5 nitrogen and oxygen atoms in total. The zero-order chi connectivity index (χ0) is 18.6. The minimum Gasteiger partial charge on any atom is -0.467 e. The molecular weight excluding hydrogens is 431 g/mol. The molecular formula is C19H21IN2O3. The Kier molecular flexibility index (Phi) is 6.26. The molecule has 0 fully saturated rings. The molecule has 0 saturated carbocycles. The predicted octanol–water partition coefficient (Wildman–Crippen LogP) is 4.58. The van der Waals surface area contributed by atoms with E-state index in [1.54, 1.807) is 12.3 Å². The SMILES string of the molecule is CC(I)OC(CC(=O)C(C)(C)C)=NC(=O)c1cc2ccccc2cn1. The first-order valence-electron chi connectivity index (χ1n) is 7.97. The lowest BCUT2D eigenvalue weighted by Crippen LogP contribution is -2.25. The van der Waals surface area contributed by atoms with Crippen molar-refractivity contribution in [2.75, 3.05) is 0 Å². The molecule has 6 heteroatoms. The van der Waals surface area contributed by atoms with Gasteiger partial charge in [0.05, 0.1) is 6.42 Å². The van der Waals surface area contributed by atoms with Crippen LogP contribution in [0, 0.1) is 5.41 Å². The largest absolute Gasteiger partial charge is 0.467 e. The molecule has 0 aliphatic carbocycles. The molecule has 0 radical (unpaired) electrons. The highest BCUT2D eigenvalue weighted by molar-refractivity contribution is 14.1. The fourth-order valence-electron chi connectivity index (χ4n) is 2.07. The molecule has 1 unspecified atom stereocenters. The molecule has 1 amide bonds. The van der Waals surface area contributed by atoms with Crippen LogP contribution >= 0.6 is 22.6 Å². The highest BCUT2D eigenvalue weighted by Crippen LogP contribution is 2.19. The number of alkyl halides is 1. The number of ketones is 1. The second kappa shape index (κ2) is 8.03. The number of aliphatic imine (C=N–C) groups is 1. The van der Waals surface area contributed by atoms with Gasteiger partial charge in [0.25, 0.3) is 5.91 Å². The molecule has 2 rings (SSSR count). The van der Waals surface area contributed by atoms with Gasteiger partial charge in [-0.25, -0.2) is 0 Å². The summed E-state index contributed by atoms with van der Waals surface area (Å²) in [5, 5.41) is 1.86. The molecule has 0 N–H and O–H groups in total. The maximum absolute atomic E-state index is 12.5. The summed E-state index contributed by atoms with van der Waals surface area (Å²) in [5.41, 5.74) is -0.299. The summed E-state index contributed by atoms with van der Waals surface area (Å²) < 4.78 is 5.36. The number of ether oxygens (including phenoxy) is 1. The third-order valence-electron chi connectivity index (χ3n) is 3.52. The fourth-order valence-corrected chi connectivity index (χ4v) is 2.36. The van der Waals surface area contributed by atoms with Crippen molar-refractivity contribution >= 4 is 51.0 Å². The molecule has 0 bridgehead atoms. The lowest BCUT2D eigenvalue weighted by molar-refractivity contribution is -0.125. The van der Waals surface area contributed by atoms with E-state index in [9.17, 15) is 9.59 Å². The minimum atomic E-state index is -0.525. The van der Waals surface area contributed by atoms with Gasteiger partial charge in [-0.2, -0.15) is 4.99 Å². The van der Waals surface area contributed by atoms with Crippen LogP contribution in [-0.4, -0.2) is 26.7 Å². The Labute approximate surface area is 161 Å². The average molecular weight is 452 g/mol. The zero-order valence-corrected chi connectivity index (χ0v) is 16.9. The number of carbonyl (C=O) groups is 2. The van der Waals surface area contributed by atoms with Crippen molar-refractivity contribution in [1.82, 2.24) is 4.98 Å². The number of pyridine rings is 1. The van der Waals surface area contributed by atoms with Crippen LogP contribution < -0.4 is 0 Å². The summed E-state index contributed by atoms with van der Waals surface area (Å²) in [6.07, 6.45) is 1.62. The monoisotopic (exact) mass is 452 g/mol. The number of Topliss-reactive ketones (excluding diaryl/α,β-unsaturated/α-hetero) is 1. The van der Waals surface area contributed by atoms with E-state index < -0.39 is 11.3 Å². The molecule has 1 heterocycles. The van der Waals surface area contributed by atoms with E-state index in [4.69, 9.17) is 4.74 Å². The van der Waals surface area contributed by atoms with Crippen molar-refractivity contribution in [2.45, 2.75) is 38.2 Å². The molecule has 132 valence electrons. The normalized spacial score (nSPS) is 13.6. The lowest BCUT2D eigenvalue weighted by Gasteiger charge is -2.18. The van der Waals surface area contributed by atoms with Gasteiger partial charge in [-0.1, -0.05) is 45.0 Å². The highest BCUT2D eigenvalue weighted by Gasteiger charge is 2.24. The number of rotatable bonds is 4. The van der Waals surface area contributed by atoms with Crippen LogP contribution in [0.3, 0.4) is 0 Å². The first kappa shape index (κ1) is 19.5. The van der Waals surface area contributed by atoms with Crippen molar-refractivity contribution in [1.29, 1.82) is 0 Å². The van der Waals surface area contributed by atoms with Gasteiger partial charge in [0, 0.05) is 17.0 Å². The number of nitrogens with zero attached hydrogens (tertiary/aromatic N) is 2. The Hall–Kier alpha value is -1.83. The Balaban J connectivity index is 2.29. The first-order valence-corrected chi connectivity index (χ1v) is 9.22. The molecule has 0 aliphatic heterocycles.